The summed E-state index contributed by atoms with van der Waals surface area (Å²) in [5, 5.41) is 0.526. The Hall–Kier alpha value is -1.35. The number of hydrogen-bond acceptors (Lipinski definition) is 3. The summed E-state index contributed by atoms with van der Waals surface area (Å²) >= 11 is 6.06. The van der Waals surface area contributed by atoms with E-state index in [1.807, 2.05) is 6.92 Å². The molecule has 0 aliphatic carbocycles. The number of fused-ring (bicyclic) bond motifs is 1. The number of carbonyl (C=O) groups is 2. The van der Waals surface area contributed by atoms with Gasteiger partial charge in [0.25, 0.3) is 0 Å². The van der Waals surface area contributed by atoms with E-state index in [9.17, 15) is 9.59 Å². The topological polar surface area (TPSA) is 43.4 Å². The van der Waals surface area contributed by atoms with Gasteiger partial charge in [0.2, 0.25) is 0 Å². The second-order valence-electron chi connectivity index (χ2n) is 3.62. The molecule has 4 heteroatoms. The number of rotatable bonds is 0. The van der Waals surface area contributed by atoms with Crippen molar-refractivity contribution in [3.63, 3.8) is 0 Å². The predicted molar refractivity (Wildman–Crippen MR) is 55.4 cm³/mol. The summed E-state index contributed by atoms with van der Waals surface area (Å²) in [5.74, 6) is -1.17. The fourth-order valence-electron chi connectivity index (χ4n) is 1.81. The summed E-state index contributed by atoms with van der Waals surface area (Å²) < 4.78 is 4.57. The molecule has 0 radical (unpaired) electrons. The van der Waals surface area contributed by atoms with E-state index in [-0.39, 0.29) is 0 Å². The molecular formula is C11H9ClO3. The zero-order valence-corrected chi connectivity index (χ0v) is 9.36. The summed E-state index contributed by atoms with van der Waals surface area (Å²) in [5.41, 5.74) is 2.83. The molecule has 1 aromatic rings. The first-order valence-corrected chi connectivity index (χ1v) is 4.88. The third-order valence-electron chi connectivity index (χ3n) is 2.81. The Balaban J connectivity index is 2.92. The highest BCUT2D eigenvalue weighted by molar-refractivity contribution is 6.33. The minimum atomic E-state index is -0.600. The van der Waals surface area contributed by atoms with Crippen LogP contribution < -0.4 is 0 Å². The van der Waals surface area contributed by atoms with E-state index < -0.39 is 11.9 Å². The maximum absolute atomic E-state index is 11.4. The Morgan fingerprint density at radius 2 is 1.33 bits per heavy atom. The van der Waals surface area contributed by atoms with Crippen LogP contribution in [0.5, 0.6) is 0 Å². The molecule has 78 valence electrons. The second-order valence-corrected chi connectivity index (χ2v) is 3.99. The zero-order valence-electron chi connectivity index (χ0n) is 8.60. The van der Waals surface area contributed by atoms with Crippen molar-refractivity contribution >= 4 is 23.5 Å². The van der Waals surface area contributed by atoms with E-state index in [2.05, 4.69) is 4.74 Å². The summed E-state index contributed by atoms with van der Waals surface area (Å²) in [6.07, 6.45) is 0. The molecule has 0 bridgehead atoms. The Labute approximate surface area is 92.0 Å². The van der Waals surface area contributed by atoms with Crippen LogP contribution in [0.2, 0.25) is 5.02 Å². The summed E-state index contributed by atoms with van der Waals surface area (Å²) in [4.78, 5) is 22.8. The van der Waals surface area contributed by atoms with Gasteiger partial charge in [-0.3, -0.25) is 0 Å². The minimum absolute atomic E-state index is 0.313. The Bertz CT molecular complexity index is 458. The van der Waals surface area contributed by atoms with Crippen molar-refractivity contribution in [2.24, 2.45) is 0 Å². The molecule has 0 saturated carbocycles. The molecule has 1 aliphatic rings. The first-order chi connectivity index (χ1) is 6.95. The van der Waals surface area contributed by atoms with Crippen molar-refractivity contribution < 1.29 is 14.3 Å². The SMILES string of the molecule is Cc1c(C)c2c(c(C)c1Cl)C(=O)OC2=O. The van der Waals surface area contributed by atoms with Gasteiger partial charge in [0.1, 0.15) is 0 Å². The molecule has 1 heterocycles. The number of ether oxygens (including phenoxy) is 1. The number of cyclic esters (lactones) is 2. The van der Waals surface area contributed by atoms with E-state index in [4.69, 9.17) is 11.6 Å². The van der Waals surface area contributed by atoms with Crippen LogP contribution >= 0.6 is 11.6 Å². The van der Waals surface area contributed by atoms with Crippen LogP contribution in [-0.4, -0.2) is 11.9 Å². The van der Waals surface area contributed by atoms with Gasteiger partial charge in [-0.05, 0) is 37.5 Å². The van der Waals surface area contributed by atoms with Crippen molar-refractivity contribution in [3.8, 4) is 0 Å². The molecule has 1 aromatic carbocycles. The fraction of sp³-hybridized carbons (Fsp3) is 0.273. The van der Waals surface area contributed by atoms with Gasteiger partial charge < -0.3 is 4.74 Å². The van der Waals surface area contributed by atoms with E-state index in [1.165, 1.54) is 0 Å². The molecule has 15 heavy (non-hydrogen) atoms. The van der Waals surface area contributed by atoms with Crippen LogP contribution in [0.3, 0.4) is 0 Å². The molecule has 0 fully saturated rings. The molecule has 0 amide bonds. The van der Waals surface area contributed by atoms with E-state index in [0.717, 1.165) is 11.1 Å². The van der Waals surface area contributed by atoms with Gasteiger partial charge in [0.05, 0.1) is 11.1 Å². The minimum Gasteiger partial charge on any atom is -0.386 e. The van der Waals surface area contributed by atoms with Crippen LogP contribution in [0.15, 0.2) is 0 Å². The van der Waals surface area contributed by atoms with Crippen LogP contribution in [-0.2, 0) is 4.74 Å². The van der Waals surface area contributed by atoms with E-state index >= 15 is 0 Å². The smallest absolute Gasteiger partial charge is 0.347 e. The highest BCUT2D eigenvalue weighted by atomic mass is 35.5. The van der Waals surface area contributed by atoms with Gasteiger partial charge in [-0.25, -0.2) is 9.59 Å². The first kappa shape index (κ1) is 10.2. The van der Waals surface area contributed by atoms with Crippen LogP contribution in [0.4, 0.5) is 0 Å². The monoisotopic (exact) mass is 224 g/mol. The molecule has 0 atom stereocenters. The fourth-order valence-corrected chi connectivity index (χ4v) is 2.05. The molecule has 0 unspecified atom stereocenters. The largest absolute Gasteiger partial charge is 0.386 e. The number of hydrogen-bond donors (Lipinski definition) is 0. The molecule has 3 nitrogen and oxygen atoms in total. The van der Waals surface area contributed by atoms with Gasteiger partial charge in [-0.15, -0.1) is 0 Å². The highest BCUT2D eigenvalue weighted by Crippen LogP contribution is 2.34. The van der Waals surface area contributed by atoms with Crippen LogP contribution in [0, 0.1) is 20.8 Å². The van der Waals surface area contributed by atoms with Crippen LogP contribution in [0.25, 0.3) is 0 Å². The normalized spacial score (nSPS) is 14.1. The van der Waals surface area contributed by atoms with Crippen molar-refractivity contribution in [3.05, 3.63) is 32.8 Å². The first-order valence-electron chi connectivity index (χ1n) is 4.51. The number of halogens is 1. The Kier molecular flexibility index (Phi) is 2.08. The average molecular weight is 225 g/mol. The second kappa shape index (κ2) is 3.07. The van der Waals surface area contributed by atoms with Crippen LogP contribution in [0.1, 0.15) is 37.4 Å². The molecule has 0 saturated heterocycles. The average Bonchev–Trinajstić information content (AvgIpc) is 2.47. The lowest BCUT2D eigenvalue weighted by atomic mass is 9.95. The lowest BCUT2D eigenvalue weighted by Crippen LogP contribution is -2.02. The molecule has 0 spiro atoms. The van der Waals surface area contributed by atoms with Gasteiger partial charge in [-0.2, -0.15) is 0 Å². The summed E-state index contributed by atoms with van der Waals surface area (Å²) in [7, 11) is 0. The van der Waals surface area contributed by atoms with Crippen molar-refractivity contribution in [2.45, 2.75) is 20.8 Å². The van der Waals surface area contributed by atoms with Crippen molar-refractivity contribution in [1.29, 1.82) is 0 Å². The lowest BCUT2D eigenvalue weighted by molar-refractivity contribution is 0.0443. The maximum atomic E-state index is 11.4. The highest BCUT2D eigenvalue weighted by Gasteiger charge is 2.35. The zero-order chi connectivity index (χ0) is 11.3. The summed E-state index contributed by atoms with van der Waals surface area (Å²) in [6, 6.07) is 0. The molecule has 2 rings (SSSR count). The summed E-state index contributed by atoms with van der Waals surface area (Å²) in [6.45, 7) is 5.30. The number of carbonyl (C=O) groups excluding carboxylic acids is 2. The standard InChI is InChI=1S/C11H9ClO3/c1-4-5(2)9(12)6(3)8-7(4)10(13)15-11(8)14/h1-3H3. The number of benzene rings is 1. The molecule has 0 N–H and O–H groups in total. The molecule has 0 aromatic heterocycles. The van der Waals surface area contributed by atoms with Gasteiger partial charge in [0, 0.05) is 5.02 Å². The Morgan fingerprint density at radius 3 is 1.87 bits per heavy atom. The molecular weight excluding hydrogens is 216 g/mol. The quantitative estimate of drug-likeness (QED) is 0.503. The third kappa shape index (κ3) is 1.20. The van der Waals surface area contributed by atoms with Gasteiger partial charge >= 0.3 is 11.9 Å². The maximum Gasteiger partial charge on any atom is 0.347 e. The van der Waals surface area contributed by atoms with E-state index in [0.29, 0.717) is 21.7 Å². The number of esters is 2. The third-order valence-corrected chi connectivity index (χ3v) is 3.38. The van der Waals surface area contributed by atoms with E-state index in [1.54, 1.807) is 13.8 Å². The predicted octanol–water partition coefficient (Wildman–Crippen LogP) is 2.58. The van der Waals surface area contributed by atoms with Crippen molar-refractivity contribution in [2.75, 3.05) is 0 Å². The van der Waals surface area contributed by atoms with Gasteiger partial charge in [-0.1, -0.05) is 11.6 Å². The molecule has 1 aliphatic heterocycles. The Morgan fingerprint density at radius 1 is 0.867 bits per heavy atom. The lowest BCUT2D eigenvalue weighted by Gasteiger charge is -2.09. The van der Waals surface area contributed by atoms with Gasteiger partial charge in [0.15, 0.2) is 0 Å². The van der Waals surface area contributed by atoms with Crippen molar-refractivity contribution in [1.82, 2.24) is 0 Å².